The van der Waals surface area contributed by atoms with Gasteiger partial charge in [-0.3, -0.25) is 4.79 Å². The lowest BCUT2D eigenvalue weighted by Crippen LogP contribution is -2.31. The quantitative estimate of drug-likeness (QED) is 0.0826. The molecule has 0 radical (unpaired) electrons. The number of rotatable bonds is 10. The molecule has 2 N–H and O–H groups in total. The first-order chi connectivity index (χ1) is 21.7. The third kappa shape index (κ3) is 7.30. The van der Waals surface area contributed by atoms with Crippen molar-refractivity contribution in [2.45, 2.75) is 43.0 Å². The molecule has 0 saturated carbocycles. The van der Waals surface area contributed by atoms with Gasteiger partial charge in [0, 0.05) is 29.2 Å². The molecule has 4 aromatic rings. The Morgan fingerprint density at radius 3 is 2.09 bits per heavy atom. The van der Waals surface area contributed by atoms with Crippen LogP contribution in [0.25, 0.3) is 0 Å². The van der Waals surface area contributed by atoms with Gasteiger partial charge in [0.05, 0.1) is 25.9 Å². The van der Waals surface area contributed by atoms with E-state index < -0.39 is 46.8 Å². The highest BCUT2D eigenvalue weighted by Crippen LogP contribution is 2.40. The summed E-state index contributed by atoms with van der Waals surface area (Å²) < 4.78 is 86.6. The molecule has 236 valence electrons. The number of carbonyl (C=O) groups excluding carboxylic acids is 1. The summed E-state index contributed by atoms with van der Waals surface area (Å²) in [4.78, 5) is 13.3. The van der Waals surface area contributed by atoms with Gasteiger partial charge >= 0.3 is 0 Å². The monoisotopic (exact) mass is 645 g/mol. The van der Waals surface area contributed by atoms with Crippen LogP contribution in [0.4, 0.5) is 22.0 Å². The highest BCUT2D eigenvalue weighted by Gasteiger charge is 2.33. The van der Waals surface area contributed by atoms with Crippen LogP contribution in [0.15, 0.2) is 77.7 Å². The van der Waals surface area contributed by atoms with E-state index in [1.165, 1.54) is 0 Å². The molecule has 1 amide bonds. The lowest BCUT2D eigenvalue weighted by Gasteiger charge is -2.36. The van der Waals surface area contributed by atoms with Gasteiger partial charge in [-0.25, -0.2) is 22.0 Å². The zero-order valence-electron chi connectivity index (χ0n) is 23.9. The minimum Gasteiger partial charge on any atom is -0.496 e. The Morgan fingerprint density at radius 2 is 1.44 bits per heavy atom. The fourth-order valence-corrected chi connectivity index (χ4v) is 5.86. The van der Waals surface area contributed by atoms with Crippen LogP contribution in [0.5, 0.6) is 5.75 Å². The molecule has 1 heterocycles. The average Bonchev–Trinajstić information content (AvgIpc) is 3.08. The Hall–Kier alpha value is -3.97. The molecule has 3 atom stereocenters. The summed E-state index contributed by atoms with van der Waals surface area (Å²) in [5.41, 5.74) is 1.29. The van der Waals surface area contributed by atoms with E-state index in [-0.39, 0.29) is 25.4 Å². The lowest BCUT2D eigenvalue weighted by atomic mass is 10.0. The topological polar surface area (TPSA) is 77.0 Å². The van der Waals surface area contributed by atoms with Crippen LogP contribution < -0.4 is 10.1 Å². The minimum atomic E-state index is -2.34. The first-order valence-corrected chi connectivity index (χ1v) is 14.8. The summed E-state index contributed by atoms with van der Waals surface area (Å²) in [5.74, 6) is -11.2. The molecule has 4 aromatic carbocycles. The number of methoxy groups -OCH3 is 1. The number of halogens is 5. The number of amides is 1. The molecule has 0 bridgehead atoms. The van der Waals surface area contributed by atoms with Crippen LogP contribution in [0.1, 0.15) is 51.4 Å². The Bertz CT molecular complexity index is 1630. The number of benzene rings is 4. The van der Waals surface area contributed by atoms with Crippen LogP contribution in [-0.2, 0) is 22.6 Å². The predicted molar refractivity (Wildman–Crippen MR) is 156 cm³/mol. The van der Waals surface area contributed by atoms with Crippen molar-refractivity contribution < 1.29 is 46.1 Å². The number of aliphatic hydroxyl groups excluding tert-OH is 1. The van der Waals surface area contributed by atoms with Gasteiger partial charge in [-0.1, -0.05) is 60.7 Å². The van der Waals surface area contributed by atoms with Crippen molar-refractivity contribution >= 4 is 17.7 Å². The Labute approximate surface area is 260 Å². The second kappa shape index (κ2) is 14.4. The van der Waals surface area contributed by atoms with Crippen molar-refractivity contribution in [3.8, 4) is 5.75 Å². The highest BCUT2D eigenvalue weighted by molar-refractivity contribution is 7.99. The van der Waals surface area contributed by atoms with Crippen LogP contribution in [0.3, 0.4) is 0 Å². The molecule has 1 saturated heterocycles. The van der Waals surface area contributed by atoms with E-state index in [0.29, 0.717) is 23.3 Å². The molecule has 0 unspecified atom stereocenters. The molecular formula is C33H28F5NO5S. The number of hydrogen-bond donors (Lipinski definition) is 2. The minimum absolute atomic E-state index is 0.0793. The van der Waals surface area contributed by atoms with Gasteiger partial charge in [0.15, 0.2) is 29.6 Å². The van der Waals surface area contributed by atoms with E-state index in [9.17, 15) is 31.9 Å². The molecule has 0 spiro atoms. The number of aliphatic hydroxyl groups is 1. The Balaban J connectivity index is 1.30. The van der Waals surface area contributed by atoms with Gasteiger partial charge in [0.25, 0.3) is 5.91 Å². The zero-order valence-corrected chi connectivity index (χ0v) is 24.7. The second-order valence-electron chi connectivity index (χ2n) is 10.2. The highest BCUT2D eigenvalue weighted by atomic mass is 32.2. The first-order valence-electron chi connectivity index (χ1n) is 13.8. The fraction of sp³-hybridized carbons (Fsp3) is 0.242. The number of thioether (sulfide) groups is 1. The van der Waals surface area contributed by atoms with E-state index in [4.69, 9.17) is 14.2 Å². The van der Waals surface area contributed by atoms with Crippen molar-refractivity contribution in [3.63, 3.8) is 0 Å². The SMILES string of the molecule is COc1ccccc1SC[C@@H]1C[C@H](c2ccc(CO)cc2)O[C@H](c2ccc(CNC(=O)c3c(F)c(F)c(F)c(F)c3F)cc2)O1. The summed E-state index contributed by atoms with van der Waals surface area (Å²) in [6, 6.07) is 21.8. The van der Waals surface area contributed by atoms with Gasteiger partial charge < -0.3 is 24.6 Å². The second-order valence-corrected chi connectivity index (χ2v) is 11.2. The average molecular weight is 646 g/mol. The molecule has 1 fully saturated rings. The van der Waals surface area contributed by atoms with Crippen LogP contribution in [0.2, 0.25) is 0 Å². The molecule has 12 heteroatoms. The van der Waals surface area contributed by atoms with Crippen molar-refractivity contribution in [3.05, 3.63) is 130 Å². The van der Waals surface area contributed by atoms with Crippen molar-refractivity contribution in [1.29, 1.82) is 0 Å². The number of hydrogen-bond acceptors (Lipinski definition) is 6. The molecule has 1 aliphatic rings. The van der Waals surface area contributed by atoms with Gasteiger partial charge in [0.1, 0.15) is 11.3 Å². The van der Waals surface area contributed by atoms with Gasteiger partial charge in [0.2, 0.25) is 5.82 Å². The number of para-hydroxylation sites is 1. The van der Waals surface area contributed by atoms with E-state index in [0.717, 1.165) is 21.8 Å². The van der Waals surface area contributed by atoms with Crippen molar-refractivity contribution in [2.75, 3.05) is 12.9 Å². The van der Waals surface area contributed by atoms with Gasteiger partial charge in [-0.05, 0) is 28.8 Å². The maximum atomic E-state index is 14.0. The summed E-state index contributed by atoms with van der Waals surface area (Å²) in [6.45, 7) is -0.326. The van der Waals surface area contributed by atoms with Gasteiger partial charge in [-0.15, -0.1) is 11.8 Å². The Morgan fingerprint density at radius 1 is 0.844 bits per heavy atom. The summed E-state index contributed by atoms with van der Waals surface area (Å²) in [7, 11) is 1.61. The van der Waals surface area contributed by atoms with E-state index in [1.807, 2.05) is 48.5 Å². The lowest BCUT2D eigenvalue weighted by molar-refractivity contribution is -0.245. The molecule has 6 nitrogen and oxygen atoms in total. The van der Waals surface area contributed by atoms with E-state index in [1.54, 1.807) is 43.1 Å². The van der Waals surface area contributed by atoms with Crippen LogP contribution >= 0.6 is 11.8 Å². The zero-order chi connectivity index (χ0) is 32.1. The third-order valence-corrected chi connectivity index (χ3v) is 8.44. The maximum absolute atomic E-state index is 14.0. The van der Waals surface area contributed by atoms with Crippen LogP contribution in [-0.4, -0.2) is 30.0 Å². The largest absolute Gasteiger partial charge is 0.496 e. The fourth-order valence-electron chi connectivity index (χ4n) is 4.81. The maximum Gasteiger partial charge on any atom is 0.257 e. The van der Waals surface area contributed by atoms with Crippen molar-refractivity contribution in [1.82, 2.24) is 5.32 Å². The first kappa shape index (κ1) is 32.4. The molecule has 0 aliphatic carbocycles. The summed E-state index contributed by atoms with van der Waals surface area (Å²) in [6.07, 6.45) is -0.734. The molecule has 1 aliphatic heterocycles. The van der Waals surface area contributed by atoms with Crippen molar-refractivity contribution in [2.24, 2.45) is 0 Å². The smallest absolute Gasteiger partial charge is 0.257 e. The number of nitrogens with one attached hydrogen (secondary N) is 1. The summed E-state index contributed by atoms with van der Waals surface area (Å²) >= 11 is 1.59. The van der Waals surface area contributed by atoms with E-state index >= 15 is 0 Å². The molecule has 45 heavy (non-hydrogen) atoms. The third-order valence-electron chi connectivity index (χ3n) is 7.25. The van der Waals surface area contributed by atoms with Crippen LogP contribution in [0, 0.1) is 29.1 Å². The molecule has 0 aromatic heterocycles. The number of carbonyl (C=O) groups is 1. The molecule has 5 rings (SSSR count). The number of ether oxygens (including phenoxy) is 3. The van der Waals surface area contributed by atoms with E-state index in [2.05, 4.69) is 5.32 Å². The molecular weight excluding hydrogens is 617 g/mol. The normalized spacial score (nSPS) is 18.1. The summed E-state index contributed by atoms with van der Waals surface area (Å²) in [5, 5.41) is 11.6. The predicted octanol–water partition coefficient (Wildman–Crippen LogP) is 7.15. The Kier molecular flexibility index (Phi) is 10.4. The van der Waals surface area contributed by atoms with Gasteiger partial charge in [-0.2, -0.15) is 0 Å². The standard InChI is InChI=1S/C33H28F5NO5S/c1-42-23-4-2-3-5-25(23)45-17-22-14-24(20-10-8-19(16-40)9-11-20)44-33(43-22)21-12-6-18(7-13-21)15-39-32(41)26-27(34)29(36)31(38)30(37)28(26)35/h2-13,22,24,33,40H,14-17H2,1H3,(H,39,41)/t22-,24+,33+/m0/s1.